The molecule has 33 heavy (non-hydrogen) atoms. The minimum Gasteiger partial charge on any atom is -0.339 e. The molecule has 0 saturated heterocycles. The van der Waals surface area contributed by atoms with Crippen LogP contribution in [0, 0.1) is 6.92 Å². The van der Waals surface area contributed by atoms with Crippen molar-refractivity contribution in [1.29, 1.82) is 0 Å². The van der Waals surface area contributed by atoms with Gasteiger partial charge in [0.05, 0.1) is 6.20 Å². The lowest BCUT2D eigenvalue weighted by molar-refractivity contribution is -0.0925. The largest absolute Gasteiger partial charge is 0.339 e. The number of halogens is 2. The standard InChI is InChI=1S/C23H19F2N5O3/c1-12-3-4-14(20-28-22(33-29-20)16-8-23(24,25)9-16)7-17(12)27-21(32)18-10-26-19-6-5-15(13(2)31)11-30(18)19/h3-7,10-11,16H,8-9H2,1-2H3,(H,27,32). The van der Waals surface area contributed by atoms with Crippen molar-refractivity contribution in [2.24, 2.45) is 0 Å². The van der Waals surface area contributed by atoms with Crippen LogP contribution < -0.4 is 5.32 Å². The number of aryl methyl sites for hydroxylation is 1. The molecule has 10 heteroatoms. The molecule has 1 aliphatic rings. The number of ketones is 1. The van der Waals surface area contributed by atoms with Crippen molar-refractivity contribution in [1.82, 2.24) is 19.5 Å². The Balaban J connectivity index is 1.40. The van der Waals surface area contributed by atoms with Gasteiger partial charge in [0.15, 0.2) is 5.78 Å². The van der Waals surface area contributed by atoms with E-state index in [0.29, 0.717) is 22.5 Å². The number of carbonyl (C=O) groups excluding carboxylic acids is 2. The highest BCUT2D eigenvalue weighted by atomic mass is 19.3. The van der Waals surface area contributed by atoms with Gasteiger partial charge in [0, 0.05) is 41.8 Å². The van der Waals surface area contributed by atoms with E-state index in [9.17, 15) is 18.4 Å². The molecule has 0 radical (unpaired) electrons. The molecule has 168 valence electrons. The molecule has 5 rings (SSSR count). The summed E-state index contributed by atoms with van der Waals surface area (Å²) in [5.41, 5.74) is 3.17. The fourth-order valence-corrected chi connectivity index (χ4v) is 3.79. The first-order valence-electron chi connectivity index (χ1n) is 10.3. The average Bonchev–Trinajstić information content (AvgIpc) is 3.40. The maximum atomic E-state index is 13.1. The molecule has 0 spiro atoms. The molecule has 1 N–H and O–H groups in total. The van der Waals surface area contributed by atoms with Crippen LogP contribution in [-0.4, -0.2) is 37.1 Å². The molecule has 4 aromatic rings. The zero-order valence-electron chi connectivity index (χ0n) is 17.8. The number of nitrogens with zero attached hydrogens (tertiary/aromatic N) is 4. The number of anilines is 1. The number of hydrogen-bond acceptors (Lipinski definition) is 6. The molecule has 3 aromatic heterocycles. The summed E-state index contributed by atoms with van der Waals surface area (Å²) in [6.45, 7) is 3.28. The second-order valence-electron chi connectivity index (χ2n) is 8.25. The number of aromatic nitrogens is 4. The van der Waals surface area contributed by atoms with Crippen molar-refractivity contribution in [3.63, 3.8) is 0 Å². The number of benzene rings is 1. The fraction of sp³-hybridized carbons (Fsp3) is 0.261. The molecule has 0 aliphatic heterocycles. The molecule has 0 bridgehead atoms. The highest BCUT2D eigenvalue weighted by Crippen LogP contribution is 2.47. The van der Waals surface area contributed by atoms with E-state index < -0.39 is 17.7 Å². The van der Waals surface area contributed by atoms with Gasteiger partial charge in [0.25, 0.3) is 5.91 Å². The Labute approximate surface area is 186 Å². The Kier molecular flexibility index (Phi) is 4.80. The van der Waals surface area contributed by atoms with Crippen LogP contribution in [0.5, 0.6) is 0 Å². The van der Waals surface area contributed by atoms with E-state index in [2.05, 4.69) is 20.4 Å². The molecular formula is C23H19F2N5O3. The van der Waals surface area contributed by atoms with E-state index in [4.69, 9.17) is 4.52 Å². The molecule has 1 fully saturated rings. The summed E-state index contributed by atoms with van der Waals surface area (Å²) in [6.07, 6.45) is 2.42. The average molecular weight is 451 g/mol. The first kappa shape index (κ1) is 20.9. The minimum absolute atomic E-state index is 0.120. The second kappa shape index (κ2) is 7.58. The van der Waals surface area contributed by atoms with Crippen LogP contribution in [-0.2, 0) is 0 Å². The Bertz CT molecular complexity index is 1400. The number of Topliss-reactive ketones (excluding diaryl/α,β-unsaturated/α-hetero) is 1. The SMILES string of the molecule is CC(=O)c1ccc2ncc(C(=O)Nc3cc(-c4noc(C5CC(F)(F)C5)n4)ccc3C)n2c1. The first-order chi connectivity index (χ1) is 15.7. The summed E-state index contributed by atoms with van der Waals surface area (Å²) in [5.74, 6) is -3.20. The van der Waals surface area contributed by atoms with Crippen molar-refractivity contribution in [3.05, 3.63) is 65.4 Å². The third-order valence-electron chi connectivity index (χ3n) is 5.77. The molecule has 1 saturated carbocycles. The van der Waals surface area contributed by atoms with Gasteiger partial charge in [-0.1, -0.05) is 17.3 Å². The summed E-state index contributed by atoms with van der Waals surface area (Å²) in [6, 6.07) is 8.58. The predicted molar refractivity (Wildman–Crippen MR) is 115 cm³/mol. The number of hydrogen-bond donors (Lipinski definition) is 1. The third kappa shape index (κ3) is 3.88. The predicted octanol–water partition coefficient (Wildman–Crippen LogP) is 4.66. The van der Waals surface area contributed by atoms with Gasteiger partial charge in [0.1, 0.15) is 11.3 Å². The van der Waals surface area contributed by atoms with E-state index in [0.717, 1.165) is 5.56 Å². The van der Waals surface area contributed by atoms with E-state index >= 15 is 0 Å². The summed E-state index contributed by atoms with van der Waals surface area (Å²) in [4.78, 5) is 33.2. The van der Waals surface area contributed by atoms with Crippen molar-refractivity contribution in [2.45, 2.75) is 38.5 Å². The summed E-state index contributed by atoms with van der Waals surface area (Å²) in [7, 11) is 0. The van der Waals surface area contributed by atoms with Gasteiger partial charge in [-0.3, -0.25) is 14.0 Å². The first-order valence-corrected chi connectivity index (χ1v) is 10.3. The van der Waals surface area contributed by atoms with Gasteiger partial charge in [-0.2, -0.15) is 4.98 Å². The molecule has 0 unspecified atom stereocenters. The van der Waals surface area contributed by atoms with Crippen LogP contribution in [0.15, 0.2) is 47.2 Å². The normalized spacial score (nSPS) is 15.4. The smallest absolute Gasteiger partial charge is 0.274 e. The second-order valence-corrected chi connectivity index (χ2v) is 8.25. The van der Waals surface area contributed by atoms with Gasteiger partial charge in [0.2, 0.25) is 17.6 Å². The Hall–Kier alpha value is -3.95. The zero-order valence-corrected chi connectivity index (χ0v) is 17.8. The maximum Gasteiger partial charge on any atom is 0.274 e. The van der Waals surface area contributed by atoms with Crippen molar-refractivity contribution >= 4 is 23.0 Å². The summed E-state index contributed by atoms with van der Waals surface area (Å²) < 4.78 is 33.0. The molecule has 1 amide bonds. The van der Waals surface area contributed by atoms with E-state index in [1.54, 1.807) is 40.9 Å². The van der Waals surface area contributed by atoms with Crippen LogP contribution in [0.3, 0.4) is 0 Å². The van der Waals surface area contributed by atoms with Gasteiger partial charge in [-0.25, -0.2) is 13.8 Å². The Morgan fingerprint density at radius 3 is 2.73 bits per heavy atom. The number of rotatable bonds is 5. The molecule has 1 aromatic carbocycles. The van der Waals surface area contributed by atoms with Crippen LogP contribution in [0.4, 0.5) is 14.5 Å². The lowest BCUT2D eigenvalue weighted by Crippen LogP contribution is -2.33. The van der Waals surface area contributed by atoms with Gasteiger partial charge in [-0.05, 0) is 37.6 Å². The quantitative estimate of drug-likeness (QED) is 0.443. The van der Waals surface area contributed by atoms with Crippen LogP contribution in [0.25, 0.3) is 17.0 Å². The maximum absolute atomic E-state index is 13.1. The van der Waals surface area contributed by atoms with Gasteiger partial charge < -0.3 is 9.84 Å². The van der Waals surface area contributed by atoms with Crippen LogP contribution in [0.1, 0.15) is 58.0 Å². The van der Waals surface area contributed by atoms with E-state index in [-0.39, 0.29) is 36.0 Å². The van der Waals surface area contributed by atoms with Gasteiger partial charge in [-0.15, -0.1) is 0 Å². The number of imidazole rings is 1. The molecule has 8 nitrogen and oxygen atoms in total. The minimum atomic E-state index is -2.68. The third-order valence-corrected chi connectivity index (χ3v) is 5.77. The van der Waals surface area contributed by atoms with E-state index in [1.165, 1.54) is 13.1 Å². The van der Waals surface area contributed by atoms with Crippen LogP contribution in [0.2, 0.25) is 0 Å². The number of carbonyl (C=O) groups is 2. The van der Waals surface area contributed by atoms with Crippen molar-refractivity contribution in [2.75, 3.05) is 5.32 Å². The highest BCUT2D eigenvalue weighted by molar-refractivity contribution is 6.04. The van der Waals surface area contributed by atoms with Crippen LogP contribution >= 0.6 is 0 Å². The van der Waals surface area contributed by atoms with E-state index in [1.807, 2.05) is 6.92 Å². The number of nitrogens with one attached hydrogen (secondary N) is 1. The van der Waals surface area contributed by atoms with Gasteiger partial charge >= 0.3 is 0 Å². The zero-order chi connectivity index (χ0) is 23.3. The Morgan fingerprint density at radius 1 is 1.21 bits per heavy atom. The topological polar surface area (TPSA) is 102 Å². The lowest BCUT2D eigenvalue weighted by atomic mass is 9.81. The van der Waals surface area contributed by atoms with Crippen molar-refractivity contribution in [3.8, 4) is 11.4 Å². The Morgan fingerprint density at radius 2 is 2.00 bits per heavy atom. The number of amides is 1. The lowest BCUT2D eigenvalue weighted by Gasteiger charge is -2.31. The van der Waals surface area contributed by atoms with Crippen molar-refractivity contribution < 1.29 is 22.9 Å². The summed E-state index contributed by atoms with van der Waals surface area (Å²) in [5, 5.41) is 6.77. The fourth-order valence-electron chi connectivity index (χ4n) is 3.79. The molecular weight excluding hydrogens is 432 g/mol. The molecule has 0 atom stereocenters. The number of pyridine rings is 1. The monoisotopic (exact) mass is 451 g/mol. The summed E-state index contributed by atoms with van der Waals surface area (Å²) >= 11 is 0. The molecule has 3 heterocycles. The highest BCUT2D eigenvalue weighted by Gasteiger charge is 2.48. The number of alkyl halides is 2. The number of fused-ring (bicyclic) bond motifs is 1. The molecule has 1 aliphatic carbocycles.